The van der Waals surface area contributed by atoms with Crippen molar-refractivity contribution in [2.45, 2.75) is 46.7 Å². The van der Waals surface area contributed by atoms with Crippen molar-refractivity contribution in [3.05, 3.63) is 17.5 Å². The molecule has 0 fully saturated rings. The number of halogens is 1. The molecule has 0 atom stereocenters. The van der Waals surface area contributed by atoms with Crippen molar-refractivity contribution in [3.63, 3.8) is 0 Å². The van der Waals surface area contributed by atoms with Crippen LogP contribution in [0.15, 0.2) is 11.1 Å². The summed E-state index contributed by atoms with van der Waals surface area (Å²) >= 11 is 0. The predicted molar refractivity (Wildman–Crippen MR) is 86.5 cm³/mol. The van der Waals surface area contributed by atoms with Gasteiger partial charge in [-0.2, -0.15) is 5.10 Å². The summed E-state index contributed by atoms with van der Waals surface area (Å²) in [6, 6.07) is 2.41. The minimum Gasteiger partial charge on any atom is -0.370 e. The van der Waals surface area contributed by atoms with E-state index in [2.05, 4.69) is 28.4 Å². The Morgan fingerprint density at radius 2 is 2.17 bits per heavy atom. The van der Waals surface area contributed by atoms with Gasteiger partial charge in [0, 0.05) is 24.8 Å². The van der Waals surface area contributed by atoms with Gasteiger partial charge in [-0.25, -0.2) is 0 Å². The maximum absolute atomic E-state index is 5.70. The second-order valence-electron chi connectivity index (χ2n) is 4.57. The zero-order valence-corrected chi connectivity index (χ0v) is 13.9. The number of nitrogens with two attached hydrogens (primary N) is 1. The highest BCUT2D eigenvalue weighted by molar-refractivity contribution is 14.0. The molecule has 0 aliphatic heterocycles. The molecular formula is C12H24IN5. The Bertz CT molecular complexity index is 384. The molecule has 1 heterocycles. The van der Waals surface area contributed by atoms with Gasteiger partial charge in [-0.15, -0.1) is 24.0 Å². The van der Waals surface area contributed by atoms with Crippen molar-refractivity contribution in [2.75, 3.05) is 6.54 Å². The molecule has 0 bridgehead atoms. The first-order valence-corrected chi connectivity index (χ1v) is 6.06. The molecule has 5 nitrogen and oxygen atoms in total. The third kappa shape index (κ3) is 6.23. The predicted octanol–water partition coefficient (Wildman–Crippen LogP) is 1.82. The van der Waals surface area contributed by atoms with Gasteiger partial charge in [-0.3, -0.25) is 9.67 Å². The quantitative estimate of drug-likeness (QED) is 0.362. The minimum atomic E-state index is 0. The molecule has 0 aliphatic carbocycles. The summed E-state index contributed by atoms with van der Waals surface area (Å²) in [5.41, 5.74) is 7.96. The maximum Gasteiger partial charge on any atom is 0.188 e. The van der Waals surface area contributed by atoms with Gasteiger partial charge in [0.15, 0.2) is 5.96 Å². The van der Waals surface area contributed by atoms with E-state index in [0.29, 0.717) is 12.0 Å². The average molecular weight is 365 g/mol. The summed E-state index contributed by atoms with van der Waals surface area (Å²) in [4.78, 5) is 4.26. The van der Waals surface area contributed by atoms with E-state index in [9.17, 15) is 0 Å². The highest BCUT2D eigenvalue weighted by Crippen LogP contribution is 2.02. The van der Waals surface area contributed by atoms with Gasteiger partial charge in [0.1, 0.15) is 0 Å². The zero-order valence-electron chi connectivity index (χ0n) is 11.6. The Morgan fingerprint density at radius 1 is 1.50 bits per heavy atom. The summed E-state index contributed by atoms with van der Waals surface area (Å²) in [6.45, 7) is 9.77. The lowest BCUT2D eigenvalue weighted by atomic mass is 10.4. The van der Waals surface area contributed by atoms with Crippen LogP contribution in [-0.2, 0) is 6.54 Å². The van der Waals surface area contributed by atoms with Crippen LogP contribution in [0.25, 0.3) is 0 Å². The van der Waals surface area contributed by atoms with Crippen LogP contribution < -0.4 is 11.1 Å². The fraction of sp³-hybridized carbons (Fsp3) is 0.667. The first-order chi connectivity index (χ1) is 7.99. The molecule has 1 aromatic heterocycles. The monoisotopic (exact) mass is 365 g/mol. The maximum atomic E-state index is 5.70. The Kier molecular flexibility index (Phi) is 7.97. The molecule has 0 aromatic carbocycles. The third-order valence-electron chi connectivity index (χ3n) is 2.35. The molecule has 1 rings (SSSR count). The van der Waals surface area contributed by atoms with E-state index in [0.717, 1.165) is 25.2 Å². The molecule has 0 radical (unpaired) electrons. The van der Waals surface area contributed by atoms with E-state index in [1.165, 1.54) is 5.69 Å². The van der Waals surface area contributed by atoms with Gasteiger partial charge >= 0.3 is 0 Å². The topological polar surface area (TPSA) is 68.2 Å². The number of nitrogens with one attached hydrogen (secondary N) is 1. The van der Waals surface area contributed by atoms with Gasteiger partial charge in [0.25, 0.3) is 0 Å². The van der Waals surface area contributed by atoms with Crippen LogP contribution in [0.2, 0.25) is 0 Å². The number of guanidine groups is 1. The molecule has 3 N–H and O–H groups in total. The Hall–Kier alpha value is -0.790. The van der Waals surface area contributed by atoms with Gasteiger partial charge < -0.3 is 11.1 Å². The third-order valence-corrected chi connectivity index (χ3v) is 2.35. The van der Waals surface area contributed by atoms with Gasteiger partial charge in [-0.1, -0.05) is 0 Å². The molecule has 18 heavy (non-hydrogen) atoms. The van der Waals surface area contributed by atoms with E-state index in [-0.39, 0.29) is 24.0 Å². The standard InChI is InChI=1S/C12H23N5.HI/c1-9(2)15-12(13)14-6-5-7-17-11(4)8-10(3)16-17;/h8-9H,5-7H2,1-4H3,(H3,13,14,15);1H. The first kappa shape index (κ1) is 17.2. The average Bonchev–Trinajstić information content (AvgIpc) is 2.51. The molecule has 6 heteroatoms. The van der Waals surface area contributed by atoms with E-state index in [1.54, 1.807) is 0 Å². The number of hydrogen-bond donors (Lipinski definition) is 2. The summed E-state index contributed by atoms with van der Waals surface area (Å²) < 4.78 is 2.01. The van der Waals surface area contributed by atoms with Gasteiger partial charge in [-0.05, 0) is 40.2 Å². The van der Waals surface area contributed by atoms with E-state index >= 15 is 0 Å². The van der Waals surface area contributed by atoms with Crippen molar-refractivity contribution in [1.29, 1.82) is 0 Å². The van der Waals surface area contributed by atoms with E-state index < -0.39 is 0 Å². The SMILES string of the molecule is Cc1cc(C)n(CCCN=C(N)NC(C)C)n1.I. The van der Waals surface area contributed by atoms with Crippen LogP contribution in [0.5, 0.6) is 0 Å². The number of rotatable bonds is 5. The van der Waals surface area contributed by atoms with Crippen LogP contribution in [-0.4, -0.2) is 28.3 Å². The molecule has 0 unspecified atom stereocenters. The minimum absolute atomic E-state index is 0. The largest absolute Gasteiger partial charge is 0.370 e. The molecule has 104 valence electrons. The molecular weight excluding hydrogens is 341 g/mol. The fourth-order valence-electron chi connectivity index (χ4n) is 1.66. The lowest BCUT2D eigenvalue weighted by Gasteiger charge is -2.08. The van der Waals surface area contributed by atoms with Crippen LogP contribution in [0.1, 0.15) is 31.7 Å². The fourth-order valence-corrected chi connectivity index (χ4v) is 1.66. The van der Waals surface area contributed by atoms with Crippen LogP contribution in [0, 0.1) is 13.8 Å². The molecule has 1 aromatic rings. The summed E-state index contributed by atoms with van der Waals surface area (Å²) in [7, 11) is 0. The van der Waals surface area contributed by atoms with E-state index in [1.807, 2.05) is 25.5 Å². The number of nitrogens with zero attached hydrogens (tertiary/aromatic N) is 3. The second kappa shape index (κ2) is 8.34. The Labute approximate surface area is 126 Å². The van der Waals surface area contributed by atoms with Crippen LogP contribution >= 0.6 is 24.0 Å². The number of hydrogen-bond acceptors (Lipinski definition) is 2. The molecule has 0 spiro atoms. The summed E-state index contributed by atoms with van der Waals surface area (Å²) in [6.07, 6.45) is 0.947. The van der Waals surface area contributed by atoms with Crippen LogP contribution in [0.4, 0.5) is 0 Å². The van der Waals surface area contributed by atoms with Crippen molar-refractivity contribution in [2.24, 2.45) is 10.7 Å². The van der Waals surface area contributed by atoms with Gasteiger partial charge in [0.2, 0.25) is 0 Å². The van der Waals surface area contributed by atoms with Crippen molar-refractivity contribution in [3.8, 4) is 0 Å². The Balaban J connectivity index is 0.00000289. The Morgan fingerprint density at radius 3 is 2.67 bits per heavy atom. The normalized spacial score (nSPS) is 11.5. The zero-order chi connectivity index (χ0) is 12.8. The summed E-state index contributed by atoms with van der Waals surface area (Å²) in [5.74, 6) is 0.522. The number of aromatic nitrogens is 2. The van der Waals surface area contributed by atoms with E-state index in [4.69, 9.17) is 5.73 Å². The van der Waals surface area contributed by atoms with Crippen molar-refractivity contribution in [1.82, 2.24) is 15.1 Å². The number of aryl methyl sites for hydroxylation is 3. The summed E-state index contributed by atoms with van der Waals surface area (Å²) in [5, 5.41) is 7.46. The molecule has 0 saturated heterocycles. The lowest BCUT2D eigenvalue weighted by Crippen LogP contribution is -2.36. The lowest BCUT2D eigenvalue weighted by molar-refractivity contribution is 0.567. The second-order valence-corrected chi connectivity index (χ2v) is 4.57. The van der Waals surface area contributed by atoms with Crippen molar-refractivity contribution >= 4 is 29.9 Å². The molecule has 0 amide bonds. The van der Waals surface area contributed by atoms with Gasteiger partial charge in [0.05, 0.1) is 5.69 Å². The number of aliphatic imine (C=N–C) groups is 1. The molecule has 0 aliphatic rings. The van der Waals surface area contributed by atoms with Crippen LogP contribution in [0.3, 0.4) is 0 Å². The highest BCUT2D eigenvalue weighted by Gasteiger charge is 2.00. The smallest absolute Gasteiger partial charge is 0.188 e. The molecule has 0 saturated carbocycles. The highest BCUT2D eigenvalue weighted by atomic mass is 127. The van der Waals surface area contributed by atoms with Crippen molar-refractivity contribution < 1.29 is 0 Å². The first-order valence-electron chi connectivity index (χ1n) is 6.06.